The minimum Gasteiger partial charge on any atom is -0.398 e. The van der Waals surface area contributed by atoms with Crippen LogP contribution in [-0.4, -0.2) is 47.3 Å². The second-order valence-electron chi connectivity index (χ2n) is 4.62. The van der Waals surface area contributed by atoms with E-state index in [1.807, 2.05) is 18.2 Å². The van der Waals surface area contributed by atoms with E-state index in [4.69, 9.17) is 15.9 Å². The summed E-state index contributed by atoms with van der Waals surface area (Å²) in [6, 6.07) is 5.85. The number of hydrogen-bond acceptors (Lipinski definition) is 4. The number of aliphatic imine (C=N–C) groups is 1. The van der Waals surface area contributed by atoms with E-state index < -0.39 is 0 Å². The predicted molar refractivity (Wildman–Crippen MR) is 88.6 cm³/mol. The molecule has 4 N–H and O–H groups in total. The van der Waals surface area contributed by atoms with Crippen LogP contribution in [0.25, 0.3) is 5.57 Å². The molecule has 0 amide bonds. The summed E-state index contributed by atoms with van der Waals surface area (Å²) < 4.78 is 0. The van der Waals surface area contributed by atoms with Crippen LogP contribution in [0.2, 0.25) is 0 Å². The van der Waals surface area contributed by atoms with E-state index >= 15 is 0 Å². The van der Waals surface area contributed by atoms with Gasteiger partial charge in [-0.3, -0.25) is 4.99 Å². The molecule has 5 heteroatoms. The second kappa shape index (κ2) is 6.83. The zero-order chi connectivity index (χ0) is 14.5. The van der Waals surface area contributed by atoms with Gasteiger partial charge >= 0.3 is 0 Å². The summed E-state index contributed by atoms with van der Waals surface area (Å²) in [5.74, 6) is 4.89. The van der Waals surface area contributed by atoms with E-state index in [0.29, 0.717) is 18.7 Å². The SMILES string of the molecule is C=S1C=C(c2cccc(CCO)c2N)C(=NCCO)C1. The summed E-state index contributed by atoms with van der Waals surface area (Å²) in [6.45, 7) is 0.527. The number of nitrogen functional groups attached to an aromatic ring is 1. The fraction of sp³-hybridized carbons (Fsp3) is 0.333. The molecule has 1 heterocycles. The molecule has 0 aromatic heterocycles. The molecule has 0 fully saturated rings. The average Bonchev–Trinajstić information content (AvgIpc) is 2.80. The first kappa shape index (κ1) is 15.0. The number of aliphatic hydroxyl groups excluding tert-OH is 2. The Bertz CT molecular complexity index is 579. The number of aliphatic hydroxyl groups is 2. The van der Waals surface area contributed by atoms with Crippen molar-refractivity contribution in [3.05, 3.63) is 34.7 Å². The van der Waals surface area contributed by atoms with Crippen molar-refractivity contribution in [2.45, 2.75) is 6.42 Å². The van der Waals surface area contributed by atoms with Gasteiger partial charge in [0.15, 0.2) is 0 Å². The highest BCUT2D eigenvalue weighted by atomic mass is 32.2. The molecule has 0 bridgehead atoms. The largest absolute Gasteiger partial charge is 0.398 e. The summed E-state index contributed by atoms with van der Waals surface area (Å²) >= 11 is 0. The zero-order valence-corrected chi connectivity index (χ0v) is 12.2. The van der Waals surface area contributed by atoms with Crippen LogP contribution in [0.4, 0.5) is 5.69 Å². The molecule has 1 atom stereocenters. The number of nitrogens with two attached hydrogens (primary N) is 1. The van der Waals surface area contributed by atoms with Crippen LogP contribution in [0, 0.1) is 0 Å². The van der Waals surface area contributed by atoms with Crippen molar-refractivity contribution in [1.82, 2.24) is 0 Å². The fourth-order valence-electron chi connectivity index (χ4n) is 2.25. The maximum absolute atomic E-state index is 9.08. The molecule has 1 aromatic rings. The molecule has 2 rings (SSSR count). The molecule has 0 saturated carbocycles. The van der Waals surface area contributed by atoms with Crippen LogP contribution in [0.3, 0.4) is 0 Å². The molecule has 1 unspecified atom stereocenters. The van der Waals surface area contributed by atoms with Crippen molar-refractivity contribution < 1.29 is 10.2 Å². The topological polar surface area (TPSA) is 78.8 Å². The second-order valence-corrected chi connectivity index (χ2v) is 6.22. The Morgan fingerprint density at radius 1 is 1.30 bits per heavy atom. The van der Waals surface area contributed by atoms with Crippen molar-refractivity contribution in [1.29, 1.82) is 0 Å². The molecule has 1 aliphatic rings. The third kappa shape index (κ3) is 3.17. The smallest absolute Gasteiger partial charge is 0.0627 e. The third-order valence-corrected chi connectivity index (χ3v) is 4.40. The molecule has 4 nitrogen and oxygen atoms in total. The molecule has 0 saturated heterocycles. The van der Waals surface area contributed by atoms with Crippen LogP contribution in [0.15, 0.2) is 28.6 Å². The number of nitrogens with zero attached hydrogens (tertiary/aromatic N) is 1. The van der Waals surface area contributed by atoms with Gasteiger partial charge in [0.25, 0.3) is 0 Å². The lowest BCUT2D eigenvalue weighted by atomic mass is 9.97. The number of allylic oxidation sites excluding steroid dienone is 1. The van der Waals surface area contributed by atoms with E-state index in [-0.39, 0.29) is 23.7 Å². The van der Waals surface area contributed by atoms with Crippen LogP contribution < -0.4 is 5.73 Å². The van der Waals surface area contributed by atoms with Gasteiger partial charge in [-0.05, 0) is 17.4 Å². The van der Waals surface area contributed by atoms with Gasteiger partial charge in [0.05, 0.1) is 18.9 Å². The lowest BCUT2D eigenvalue weighted by Crippen LogP contribution is -2.07. The Balaban J connectivity index is 2.41. The molecule has 0 spiro atoms. The van der Waals surface area contributed by atoms with Gasteiger partial charge in [0.2, 0.25) is 0 Å². The van der Waals surface area contributed by atoms with Crippen molar-refractivity contribution >= 4 is 33.3 Å². The van der Waals surface area contributed by atoms with Crippen LogP contribution in [0.1, 0.15) is 11.1 Å². The molecule has 0 radical (unpaired) electrons. The summed E-state index contributed by atoms with van der Waals surface area (Å²) in [5, 5.41) is 20.1. The van der Waals surface area contributed by atoms with Crippen molar-refractivity contribution in [3.63, 3.8) is 0 Å². The Kier molecular flexibility index (Phi) is 5.11. The molecule has 0 aliphatic carbocycles. The maximum Gasteiger partial charge on any atom is 0.0627 e. The summed E-state index contributed by atoms with van der Waals surface area (Å²) in [4.78, 5) is 4.43. The highest BCUT2D eigenvalue weighted by Crippen LogP contribution is 2.35. The quantitative estimate of drug-likeness (QED) is 0.565. The summed E-state index contributed by atoms with van der Waals surface area (Å²) in [6.07, 6.45) is 0.548. The number of anilines is 1. The van der Waals surface area contributed by atoms with Gasteiger partial charge in [-0.2, -0.15) is 10.5 Å². The lowest BCUT2D eigenvalue weighted by molar-refractivity contribution is 0.300. The van der Waals surface area contributed by atoms with Crippen molar-refractivity contribution in [2.75, 3.05) is 31.2 Å². The number of benzene rings is 1. The zero-order valence-electron chi connectivity index (χ0n) is 11.4. The van der Waals surface area contributed by atoms with Gasteiger partial charge in [0, 0.05) is 29.2 Å². The monoisotopic (exact) mass is 292 g/mol. The lowest BCUT2D eigenvalue weighted by Gasteiger charge is -2.12. The minimum atomic E-state index is -0.0850. The highest BCUT2D eigenvalue weighted by molar-refractivity contribution is 8.17. The molecule has 1 aromatic carbocycles. The number of para-hydroxylation sites is 1. The normalized spacial score (nSPS) is 20.4. The van der Waals surface area contributed by atoms with E-state index in [1.54, 1.807) is 0 Å². The standard InChI is InChI=1S/C15H20N2O2S/c1-20-9-13(14(10-20)17-6-8-19)12-4-2-3-11(5-7-18)15(12)16/h2-4,9,18-19H,1,5-8,10,16H2. The first-order valence-electron chi connectivity index (χ1n) is 6.51. The Labute approximate surface area is 121 Å². The van der Waals surface area contributed by atoms with E-state index in [2.05, 4.69) is 16.3 Å². The Hall–Kier alpha value is -1.43. The minimum absolute atomic E-state index is 0.0434. The van der Waals surface area contributed by atoms with Gasteiger partial charge in [-0.1, -0.05) is 24.1 Å². The van der Waals surface area contributed by atoms with Gasteiger partial charge in [0.1, 0.15) is 0 Å². The van der Waals surface area contributed by atoms with E-state index in [9.17, 15) is 0 Å². The number of rotatable bonds is 5. The van der Waals surface area contributed by atoms with E-state index in [1.165, 1.54) is 0 Å². The molecular formula is C15H20N2O2S. The summed E-state index contributed by atoms with van der Waals surface area (Å²) in [5.41, 5.74) is 10.8. The Morgan fingerprint density at radius 2 is 2.10 bits per heavy atom. The van der Waals surface area contributed by atoms with Crippen LogP contribution >= 0.6 is 10.5 Å². The van der Waals surface area contributed by atoms with Crippen LogP contribution in [-0.2, 0) is 6.42 Å². The molecule has 108 valence electrons. The Morgan fingerprint density at radius 3 is 2.80 bits per heavy atom. The molecular weight excluding hydrogens is 272 g/mol. The fourth-order valence-corrected chi connectivity index (χ4v) is 3.53. The summed E-state index contributed by atoms with van der Waals surface area (Å²) in [7, 11) is -0.0850. The number of hydrogen-bond donors (Lipinski definition) is 3. The van der Waals surface area contributed by atoms with Gasteiger partial charge in [-0.15, -0.1) is 0 Å². The predicted octanol–water partition coefficient (Wildman–Crippen LogP) is 1.29. The average molecular weight is 292 g/mol. The highest BCUT2D eigenvalue weighted by Gasteiger charge is 2.19. The molecule has 20 heavy (non-hydrogen) atoms. The third-order valence-electron chi connectivity index (χ3n) is 3.19. The van der Waals surface area contributed by atoms with Gasteiger partial charge in [-0.25, -0.2) is 0 Å². The van der Waals surface area contributed by atoms with Crippen molar-refractivity contribution in [2.24, 2.45) is 4.99 Å². The molecule has 1 aliphatic heterocycles. The maximum atomic E-state index is 9.08. The van der Waals surface area contributed by atoms with Crippen molar-refractivity contribution in [3.8, 4) is 0 Å². The van der Waals surface area contributed by atoms with E-state index in [0.717, 1.165) is 28.2 Å². The van der Waals surface area contributed by atoms with Gasteiger partial charge < -0.3 is 15.9 Å². The van der Waals surface area contributed by atoms with Crippen LogP contribution in [0.5, 0.6) is 0 Å². The first-order chi connectivity index (χ1) is 9.67. The first-order valence-corrected chi connectivity index (χ1v) is 8.14.